The van der Waals surface area contributed by atoms with Crippen LogP contribution in [-0.2, 0) is 6.42 Å². The summed E-state index contributed by atoms with van der Waals surface area (Å²) < 4.78 is 1.22. The maximum atomic E-state index is 2.44. The number of aryl methyl sites for hydroxylation is 2. The molecular weight excluding hydrogens is 391 g/mol. The molecule has 0 saturated carbocycles. The lowest BCUT2D eigenvalue weighted by Gasteiger charge is -2.07. The minimum Gasteiger partial charge on any atom is -0.0864 e. The fourth-order valence-electron chi connectivity index (χ4n) is 2.74. The Morgan fingerprint density at radius 3 is 1.43 bits per heavy atom. The molecule has 0 N–H and O–H groups in total. The van der Waals surface area contributed by atoms with Crippen LogP contribution >= 0.6 is 22.6 Å². The molecule has 0 fully saturated rings. The summed E-state index contributed by atoms with van der Waals surface area (Å²) in [5.41, 5.74) is 7.85. The molecule has 0 heterocycles. The zero-order valence-electron chi connectivity index (χ0n) is 13.4. The highest BCUT2D eigenvalue weighted by Gasteiger charge is 2.01. The molecule has 0 atom stereocenters. The predicted octanol–water partition coefficient (Wildman–Crippen LogP) is 6.70. The van der Waals surface area contributed by atoms with Gasteiger partial charge in [-0.3, -0.25) is 0 Å². The summed E-state index contributed by atoms with van der Waals surface area (Å²) in [5, 5.41) is 0. The van der Waals surface area contributed by atoms with Crippen molar-refractivity contribution >= 4 is 22.6 Å². The van der Waals surface area contributed by atoms with E-state index in [2.05, 4.69) is 102 Å². The molecule has 0 aromatic heterocycles. The van der Waals surface area contributed by atoms with Gasteiger partial charge in [0.1, 0.15) is 0 Å². The van der Waals surface area contributed by atoms with Crippen LogP contribution < -0.4 is 0 Å². The van der Waals surface area contributed by atoms with Crippen molar-refractivity contribution in [2.75, 3.05) is 4.43 Å². The Hall–Kier alpha value is -1.61. The fraction of sp³-hybridized carbons (Fsp3) is 0.182. The Morgan fingerprint density at radius 2 is 1.00 bits per heavy atom. The molecule has 1 heteroatoms. The Balaban J connectivity index is 1.77. The predicted molar refractivity (Wildman–Crippen MR) is 109 cm³/mol. The number of halogens is 1. The van der Waals surface area contributed by atoms with Gasteiger partial charge in [0.05, 0.1) is 0 Å². The van der Waals surface area contributed by atoms with E-state index < -0.39 is 0 Å². The lowest BCUT2D eigenvalue weighted by atomic mass is 9.98. The van der Waals surface area contributed by atoms with Crippen molar-refractivity contribution in [2.45, 2.75) is 19.8 Å². The number of benzene rings is 3. The molecule has 0 aliphatic rings. The van der Waals surface area contributed by atoms with E-state index in [1.807, 2.05) is 0 Å². The lowest BCUT2D eigenvalue weighted by molar-refractivity contribution is 0.946. The second kappa shape index (κ2) is 7.78. The normalized spacial score (nSPS) is 10.7. The van der Waals surface area contributed by atoms with Crippen molar-refractivity contribution < 1.29 is 0 Å². The molecular formula is C22H21I. The first-order valence-corrected chi connectivity index (χ1v) is 9.61. The molecule has 0 unspecified atom stereocenters. The van der Waals surface area contributed by atoms with E-state index in [4.69, 9.17) is 0 Å². The molecule has 0 aliphatic carbocycles. The number of rotatable bonds is 5. The molecule has 0 spiro atoms. The monoisotopic (exact) mass is 412 g/mol. The van der Waals surface area contributed by atoms with Gasteiger partial charge in [0.15, 0.2) is 0 Å². The van der Waals surface area contributed by atoms with Gasteiger partial charge in [-0.15, -0.1) is 0 Å². The van der Waals surface area contributed by atoms with Crippen LogP contribution in [0.1, 0.15) is 17.5 Å². The van der Waals surface area contributed by atoms with E-state index in [-0.39, 0.29) is 0 Å². The maximum Gasteiger partial charge on any atom is -0.000156 e. The summed E-state index contributed by atoms with van der Waals surface area (Å²) in [6, 6.07) is 26.6. The summed E-state index contributed by atoms with van der Waals surface area (Å²) in [4.78, 5) is 0. The fourth-order valence-corrected chi connectivity index (χ4v) is 3.12. The highest BCUT2D eigenvalue weighted by Crippen LogP contribution is 2.25. The van der Waals surface area contributed by atoms with Crippen LogP contribution in [0.4, 0.5) is 0 Å². The Morgan fingerprint density at radius 1 is 0.609 bits per heavy atom. The Bertz CT molecular complexity index is 737. The van der Waals surface area contributed by atoms with Crippen molar-refractivity contribution in [3.63, 3.8) is 0 Å². The molecule has 116 valence electrons. The topological polar surface area (TPSA) is 0 Å². The molecule has 0 saturated heterocycles. The molecule has 23 heavy (non-hydrogen) atoms. The average molecular weight is 412 g/mol. The third-order valence-electron chi connectivity index (χ3n) is 4.16. The maximum absolute atomic E-state index is 2.44. The van der Waals surface area contributed by atoms with Crippen LogP contribution in [0.2, 0.25) is 0 Å². The van der Waals surface area contributed by atoms with Gasteiger partial charge in [-0.2, -0.15) is 0 Å². The summed E-state index contributed by atoms with van der Waals surface area (Å²) in [6.45, 7) is 2.12. The quantitative estimate of drug-likeness (QED) is 0.323. The molecule has 0 bridgehead atoms. The smallest absolute Gasteiger partial charge is 0.000156 e. The van der Waals surface area contributed by atoms with Crippen LogP contribution in [0.5, 0.6) is 0 Å². The Kier molecular flexibility index (Phi) is 5.50. The van der Waals surface area contributed by atoms with Crippen molar-refractivity contribution in [3.8, 4) is 22.3 Å². The highest BCUT2D eigenvalue weighted by atomic mass is 127. The van der Waals surface area contributed by atoms with Gasteiger partial charge in [0.25, 0.3) is 0 Å². The van der Waals surface area contributed by atoms with Crippen molar-refractivity contribution in [3.05, 3.63) is 83.9 Å². The van der Waals surface area contributed by atoms with Gasteiger partial charge in [-0.1, -0.05) is 101 Å². The van der Waals surface area contributed by atoms with Crippen LogP contribution in [0.3, 0.4) is 0 Å². The summed E-state index contributed by atoms with van der Waals surface area (Å²) in [6.07, 6.45) is 2.43. The standard InChI is InChI=1S/C22H21I/c1-17-4-8-19(9-5-17)21-12-14-22(15-13-21)20-10-6-18(7-11-20)3-2-16-23/h4-15H,2-3,16H2,1H3. The molecule has 0 amide bonds. The molecule has 3 aromatic rings. The third-order valence-corrected chi connectivity index (χ3v) is 4.92. The average Bonchev–Trinajstić information content (AvgIpc) is 2.61. The summed E-state index contributed by atoms with van der Waals surface area (Å²) >= 11 is 2.44. The first-order valence-electron chi connectivity index (χ1n) is 8.08. The summed E-state index contributed by atoms with van der Waals surface area (Å²) in [5.74, 6) is 0. The first-order chi connectivity index (χ1) is 11.3. The van der Waals surface area contributed by atoms with Crippen molar-refractivity contribution in [2.24, 2.45) is 0 Å². The van der Waals surface area contributed by atoms with E-state index in [1.54, 1.807) is 0 Å². The summed E-state index contributed by atoms with van der Waals surface area (Å²) in [7, 11) is 0. The SMILES string of the molecule is Cc1ccc(-c2ccc(-c3ccc(CCCI)cc3)cc2)cc1. The minimum absolute atomic E-state index is 1.18. The van der Waals surface area contributed by atoms with Crippen LogP contribution in [0.25, 0.3) is 22.3 Å². The Labute approximate surface area is 152 Å². The van der Waals surface area contributed by atoms with Gasteiger partial charge >= 0.3 is 0 Å². The van der Waals surface area contributed by atoms with Crippen LogP contribution in [0.15, 0.2) is 72.8 Å². The van der Waals surface area contributed by atoms with E-state index in [9.17, 15) is 0 Å². The second-order valence-corrected chi connectivity index (χ2v) is 7.01. The van der Waals surface area contributed by atoms with Crippen molar-refractivity contribution in [1.29, 1.82) is 0 Å². The molecule has 0 nitrogen and oxygen atoms in total. The van der Waals surface area contributed by atoms with E-state index in [0.29, 0.717) is 0 Å². The van der Waals surface area contributed by atoms with E-state index in [0.717, 1.165) is 0 Å². The van der Waals surface area contributed by atoms with Crippen LogP contribution in [-0.4, -0.2) is 4.43 Å². The van der Waals surface area contributed by atoms with Crippen molar-refractivity contribution in [1.82, 2.24) is 0 Å². The number of alkyl halides is 1. The zero-order chi connectivity index (χ0) is 16.1. The van der Waals surface area contributed by atoms with Gasteiger partial charge in [0.2, 0.25) is 0 Å². The largest absolute Gasteiger partial charge is 0.0864 e. The number of hydrogen-bond acceptors (Lipinski definition) is 0. The van der Waals surface area contributed by atoms with Crippen LogP contribution in [0, 0.1) is 6.92 Å². The molecule has 0 radical (unpaired) electrons. The van der Waals surface area contributed by atoms with Gasteiger partial charge in [0, 0.05) is 0 Å². The van der Waals surface area contributed by atoms with Gasteiger partial charge in [-0.05, 0) is 52.0 Å². The molecule has 0 aliphatic heterocycles. The molecule has 3 rings (SSSR count). The minimum atomic E-state index is 1.18. The van der Waals surface area contributed by atoms with Gasteiger partial charge < -0.3 is 0 Å². The second-order valence-electron chi connectivity index (χ2n) is 5.93. The van der Waals surface area contributed by atoms with E-state index in [1.165, 1.54) is 50.6 Å². The number of hydrogen-bond donors (Lipinski definition) is 0. The van der Waals surface area contributed by atoms with E-state index >= 15 is 0 Å². The molecule has 3 aromatic carbocycles. The van der Waals surface area contributed by atoms with Gasteiger partial charge in [-0.25, -0.2) is 0 Å². The zero-order valence-corrected chi connectivity index (χ0v) is 15.6. The third kappa shape index (κ3) is 4.23. The highest BCUT2D eigenvalue weighted by molar-refractivity contribution is 14.1. The first kappa shape index (κ1) is 16.3. The lowest BCUT2D eigenvalue weighted by Crippen LogP contribution is -1.86.